The average Bonchev–Trinajstić information content (AvgIpc) is 2.88. The molecule has 0 bridgehead atoms. The molecule has 39 heavy (non-hydrogen) atoms. The van der Waals surface area contributed by atoms with E-state index in [-0.39, 0.29) is 44.2 Å². The number of carbonyl (C=O) groups is 3. The summed E-state index contributed by atoms with van der Waals surface area (Å²) in [6.45, 7) is 5.90. The zero-order chi connectivity index (χ0) is 28.6. The van der Waals surface area contributed by atoms with E-state index in [1.165, 1.54) is 22.4 Å². The molecule has 2 aromatic carbocycles. The van der Waals surface area contributed by atoms with Crippen molar-refractivity contribution in [2.75, 3.05) is 46.4 Å². The number of hydrogen-bond donors (Lipinski definition) is 0. The van der Waals surface area contributed by atoms with Gasteiger partial charge in [0.05, 0.1) is 24.0 Å². The van der Waals surface area contributed by atoms with Gasteiger partial charge in [0.25, 0.3) is 0 Å². The molecule has 2 heterocycles. The summed E-state index contributed by atoms with van der Waals surface area (Å²) >= 11 is 6.03. The molecule has 0 unspecified atom stereocenters. The molecule has 2 fully saturated rings. The molecule has 0 N–H and O–H groups in total. The third-order valence-corrected chi connectivity index (χ3v) is 9.26. The minimum absolute atomic E-state index is 0.0886. The zero-order valence-corrected chi connectivity index (χ0v) is 24.2. The fourth-order valence-electron chi connectivity index (χ4n) is 5.02. The lowest BCUT2D eigenvalue weighted by molar-refractivity contribution is -0.159. The summed E-state index contributed by atoms with van der Waals surface area (Å²) in [5.74, 6) is -0.847. The number of benzene rings is 2. The Morgan fingerprint density at radius 3 is 2.26 bits per heavy atom. The van der Waals surface area contributed by atoms with Crippen LogP contribution in [0.5, 0.6) is 0 Å². The van der Waals surface area contributed by atoms with Gasteiger partial charge in [-0.2, -0.15) is 4.31 Å². The van der Waals surface area contributed by atoms with Crippen LogP contribution in [0.15, 0.2) is 41.3 Å². The highest BCUT2D eigenvalue weighted by atomic mass is 35.5. The number of fused-ring (bicyclic) bond motifs is 1. The van der Waals surface area contributed by atoms with Crippen LogP contribution in [0.25, 0.3) is 10.8 Å². The number of sulfonamides is 1. The van der Waals surface area contributed by atoms with Gasteiger partial charge in [-0.1, -0.05) is 23.7 Å². The molecule has 212 valence electrons. The number of rotatable bonds is 5. The van der Waals surface area contributed by atoms with Crippen LogP contribution >= 0.6 is 11.6 Å². The molecule has 2 aliphatic rings. The third kappa shape index (κ3) is 6.31. The first kappa shape index (κ1) is 29.1. The number of amides is 2. The normalized spacial score (nSPS) is 18.7. The number of methoxy groups -OCH3 is 1. The van der Waals surface area contributed by atoms with Gasteiger partial charge in [0.15, 0.2) is 0 Å². The molecule has 2 amide bonds. The van der Waals surface area contributed by atoms with Crippen LogP contribution in [-0.4, -0.2) is 92.5 Å². The Balaban J connectivity index is 1.44. The predicted molar refractivity (Wildman–Crippen MR) is 146 cm³/mol. The molecule has 0 saturated carbocycles. The summed E-state index contributed by atoms with van der Waals surface area (Å²) in [4.78, 5) is 41.7. The van der Waals surface area contributed by atoms with Crippen LogP contribution in [-0.2, 0) is 29.1 Å². The molecule has 0 radical (unpaired) electrons. The van der Waals surface area contributed by atoms with Crippen molar-refractivity contribution in [2.45, 2.75) is 44.1 Å². The minimum Gasteiger partial charge on any atom is -0.469 e. The van der Waals surface area contributed by atoms with E-state index < -0.39 is 39.0 Å². The van der Waals surface area contributed by atoms with Crippen molar-refractivity contribution in [1.29, 1.82) is 0 Å². The Morgan fingerprint density at radius 1 is 1.00 bits per heavy atom. The first-order valence-electron chi connectivity index (χ1n) is 12.8. The molecule has 0 aromatic heterocycles. The van der Waals surface area contributed by atoms with Crippen LogP contribution in [0.3, 0.4) is 0 Å². The van der Waals surface area contributed by atoms with E-state index in [1.807, 2.05) is 0 Å². The highest BCUT2D eigenvalue weighted by Crippen LogP contribution is 2.35. The quantitative estimate of drug-likeness (QED) is 0.498. The molecule has 0 aliphatic carbocycles. The number of piperidine rings is 1. The maximum Gasteiger partial charge on any atom is 0.410 e. The number of esters is 1. The van der Waals surface area contributed by atoms with Gasteiger partial charge in [-0.05, 0) is 68.7 Å². The number of ether oxygens (including phenoxy) is 2. The van der Waals surface area contributed by atoms with Crippen LogP contribution in [0, 0.1) is 5.41 Å². The molecule has 2 aliphatic heterocycles. The average molecular weight is 580 g/mol. The topological polar surface area (TPSA) is 114 Å². The smallest absolute Gasteiger partial charge is 0.410 e. The summed E-state index contributed by atoms with van der Waals surface area (Å²) in [6.07, 6.45) is 0.144. The van der Waals surface area contributed by atoms with Gasteiger partial charge in [-0.3, -0.25) is 9.59 Å². The van der Waals surface area contributed by atoms with Crippen LogP contribution < -0.4 is 0 Å². The van der Waals surface area contributed by atoms with Gasteiger partial charge in [-0.25, -0.2) is 13.2 Å². The second-order valence-corrected chi connectivity index (χ2v) is 13.4. The Kier molecular flexibility index (Phi) is 8.16. The lowest BCUT2D eigenvalue weighted by Gasteiger charge is -2.43. The van der Waals surface area contributed by atoms with Crippen LogP contribution in [0.4, 0.5) is 4.79 Å². The SMILES string of the molecule is COC(=O)C1(CN2CCN(S(=O)(=O)c3ccc4cc(Cl)ccc4c3)CC2=O)CCN(C(=O)OC(C)(C)C)CC1. The maximum absolute atomic E-state index is 13.4. The Labute approximate surface area is 233 Å². The second kappa shape index (κ2) is 10.9. The maximum atomic E-state index is 13.4. The molecule has 2 saturated heterocycles. The van der Waals surface area contributed by atoms with Crippen molar-refractivity contribution in [1.82, 2.24) is 14.1 Å². The van der Waals surface area contributed by atoms with E-state index in [2.05, 4.69) is 0 Å². The van der Waals surface area contributed by atoms with Gasteiger partial charge in [0, 0.05) is 37.7 Å². The van der Waals surface area contributed by atoms with Gasteiger partial charge in [-0.15, -0.1) is 0 Å². The lowest BCUT2D eigenvalue weighted by atomic mass is 9.77. The molecule has 0 spiro atoms. The van der Waals surface area contributed by atoms with E-state index >= 15 is 0 Å². The highest BCUT2D eigenvalue weighted by molar-refractivity contribution is 7.89. The number of piperazine rings is 1. The van der Waals surface area contributed by atoms with E-state index in [0.29, 0.717) is 17.9 Å². The molecule has 10 nitrogen and oxygen atoms in total. The minimum atomic E-state index is -3.92. The summed E-state index contributed by atoms with van der Waals surface area (Å²) < 4.78 is 38.4. The molecule has 0 atom stereocenters. The summed E-state index contributed by atoms with van der Waals surface area (Å²) in [6, 6.07) is 9.97. The number of nitrogens with zero attached hydrogens (tertiary/aromatic N) is 3. The second-order valence-electron chi connectivity index (χ2n) is 11.0. The van der Waals surface area contributed by atoms with Gasteiger partial charge < -0.3 is 19.3 Å². The summed E-state index contributed by atoms with van der Waals surface area (Å²) in [7, 11) is -2.62. The fourth-order valence-corrected chi connectivity index (χ4v) is 6.61. The van der Waals surface area contributed by atoms with Gasteiger partial charge in [0.1, 0.15) is 5.60 Å². The third-order valence-electron chi connectivity index (χ3n) is 7.18. The van der Waals surface area contributed by atoms with Gasteiger partial charge in [0.2, 0.25) is 15.9 Å². The van der Waals surface area contributed by atoms with Crippen molar-refractivity contribution in [3.8, 4) is 0 Å². The molecule has 4 rings (SSSR count). The largest absolute Gasteiger partial charge is 0.469 e. The van der Waals surface area contributed by atoms with Crippen LogP contribution in [0.2, 0.25) is 5.02 Å². The lowest BCUT2D eigenvalue weighted by Crippen LogP contribution is -2.58. The van der Waals surface area contributed by atoms with Crippen molar-refractivity contribution in [3.05, 3.63) is 41.4 Å². The highest BCUT2D eigenvalue weighted by Gasteiger charge is 2.47. The molecular formula is C27H34ClN3O7S. The Hall–Kier alpha value is -2.89. The van der Waals surface area contributed by atoms with E-state index in [0.717, 1.165) is 10.8 Å². The molecular weight excluding hydrogens is 546 g/mol. The molecule has 12 heteroatoms. The monoisotopic (exact) mass is 579 g/mol. The van der Waals surface area contributed by atoms with Crippen molar-refractivity contribution in [2.24, 2.45) is 5.41 Å². The van der Waals surface area contributed by atoms with Crippen molar-refractivity contribution < 1.29 is 32.3 Å². The molecule has 2 aromatic rings. The number of hydrogen-bond acceptors (Lipinski definition) is 7. The predicted octanol–water partition coefficient (Wildman–Crippen LogP) is 3.52. The standard InChI is InChI=1S/C27H34ClN3O7S/c1-26(2,3)38-25(34)29-11-9-27(10-12-29,24(33)37-4)18-30-13-14-31(17-23(30)32)39(35,36)22-8-6-19-15-21(28)7-5-20(19)16-22/h5-8,15-16H,9-14,17-18H2,1-4H3. The van der Waals surface area contributed by atoms with E-state index in [9.17, 15) is 22.8 Å². The van der Waals surface area contributed by atoms with Crippen molar-refractivity contribution in [3.63, 3.8) is 0 Å². The fraction of sp³-hybridized carbons (Fsp3) is 0.519. The summed E-state index contributed by atoms with van der Waals surface area (Å²) in [5, 5.41) is 2.09. The number of halogens is 1. The van der Waals surface area contributed by atoms with Crippen LogP contribution in [0.1, 0.15) is 33.6 Å². The van der Waals surface area contributed by atoms with Gasteiger partial charge >= 0.3 is 12.1 Å². The summed E-state index contributed by atoms with van der Waals surface area (Å²) in [5.41, 5.74) is -1.63. The number of carbonyl (C=O) groups excluding carboxylic acids is 3. The zero-order valence-electron chi connectivity index (χ0n) is 22.6. The van der Waals surface area contributed by atoms with E-state index in [4.69, 9.17) is 21.1 Å². The Morgan fingerprint density at radius 2 is 1.64 bits per heavy atom. The first-order valence-corrected chi connectivity index (χ1v) is 14.6. The van der Waals surface area contributed by atoms with Crippen molar-refractivity contribution >= 4 is 50.4 Å². The Bertz CT molecular complexity index is 1380. The van der Waals surface area contributed by atoms with E-state index in [1.54, 1.807) is 56.0 Å². The number of likely N-dealkylation sites (tertiary alicyclic amines) is 1. The first-order chi connectivity index (χ1) is 18.2.